The molecule has 4 aliphatic heterocycles. The van der Waals surface area contributed by atoms with E-state index >= 15 is 0 Å². The van der Waals surface area contributed by atoms with Crippen molar-refractivity contribution in [3.8, 4) is 5.75 Å². The van der Waals surface area contributed by atoms with Crippen molar-refractivity contribution in [2.45, 2.75) is 56.1 Å². The lowest BCUT2D eigenvalue weighted by Gasteiger charge is -2.42. The van der Waals surface area contributed by atoms with Gasteiger partial charge in [-0.2, -0.15) is 0 Å². The number of carbonyl (C=O) groups is 3. The molecule has 176 valence electrons. The minimum absolute atomic E-state index is 0.0169. The van der Waals surface area contributed by atoms with Crippen LogP contribution >= 0.6 is 0 Å². The van der Waals surface area contributed by atoms with E-state index in [4.69, 9.17) is 4.74 Å². The molecule has 0 aromatic heterocycles. The van der Waals surface area contributed by atoms with Crippen LogP contribution < -0.4 is 9.64 Å². The number of piperazine rings is 1. The molecule has 4 atom stereocenters. The molecule has 3 saturated heterocycles. The average molecular weight is 460 g/mol. The number of nitrogens with zero attached hydrogens (tertiary/aromatic N) is 3. The molecule has 0 bridgehead atoms. The summed E-state index contributed by atoms with van der Waals surface area (Å²) in [6.45, 7) is 3.24. The van der Waals surface area contributed by atoms with Crippen LogP contribution in [-0.4, -0.2) is 59.8 Å². The minimum Gasteiger partial charge on any atom is -0.497 e. The molecule has 0 N–H and O–H groups in total. The van der Waals surface area contributed by atoms with Crippen LogP contribution in [0.4, 0.5) is 5.69 Å². The maximum absolute atomic E-state index is 14.4. The van der Waals surface area contributed by atoms with E-state index in [2.05, 4.69) is 0 Å². The number of anilines is 1. The fourth-order valence-corrected chi connectivity index (χ4v) is 6.76. The monoisotopic (exact) mass is 459 g/mol. The van der Waals surface area contributed by atoms with Crippen molar-refractivity contribution in [2.24, 2.45) is 0 Å². The van der Waals surface area contributed by atoms with Gasteiger partial charge in [-0.25, -0.2) is 0 Å². The second kappa shape index (κ2) is 7.58. The zero-order valence-electron chi connectivity index (χ0n) is 19.6. The Morgan fingerprint density at radius 3 is 2.56 bits per heavy atom. The highest BCUT2D eigenvalue weighted by molar-refractivity contribution is 6.11. The van der Waals surface area contributed by atoms with Gasteiger partial charge in [-0.05, 0) is 42.9 Å². The maximum atomic E-state index is 14.4. The molecule has 4 aliphatic rings. The summed E-state index contributed by atoms with van der Waals surface area (Å²) >= 11 is 0. The second-order valence-corrected chi connectivity index (χ2v) is 9.78. The van der Waals surface area contributed by atoms with Gasteiger partial charge in [-0.3, -0.25) is 14.4 Å². The highest BCUT2D eigenvalue weighted by atomic mass is 16.5. The number of amides is 3. The number of methoxy groups -OCH3 is 1. The lowest BCUT2D eigenvalue weighted by Crippen LogP contribution is -2.61. The normalized spacial score (nSPS) is 29.6. The fourth-order valence-electron chi connectivity index (χ4n) is 6.76. The summed E-state index contributed by atoms with van der Waals surface area (Å²) in [5.74, 6) is 0.618. The first-order chi connectivity index (χ1) is 16.5. The van der Waals surface area contributed by atoms with Crippen molar-refractivity contribution in [2.75, 3.05) is 25.1 Å². The molecule has 7 nitrogen and oxygen atoms in total. The Balaban J connectivity index is 1.59. The predicted molar refractivity (Wildman–Crippen MR) is 126 cm³/mol. The van der Waals surface area contributed by atoms with Gasteiger partial charge in [0.25, 0.3) is 0 Å². The van der Waals surface area contributed by atoms with Crippen LogP contribution in [0.5, 0.6) is 5.75 Å². The van der Waals surface area contributed by atoms with Crippen molar-refractivity contribution in [1.82, 2.24) is 9.80 Å². The molecule has 2 aromatic carbocycles. The molecule has 3 amide bonds. The number of hydrogen-bond donors (Lipinski definition) is 0. The summed E-state index contributed by atoms with van der Waals surface area (Å²) in [7, 11) is 1.62. The van der Waals surface area contributed by atoms with Gasteiger partial charge in [0.1, 0.15) is 23.2 Å². The van der Waals surface area contributed by atoms with E-state index in [1.54, 1.807) is 16.9 Å². The number of fused-ring (bicyclic) bond motifs is 4. The third kappa shape index (κ3) is 2.61. The van der Waals surface area contributed by atoms with Crippen molar-refractivity contribution in [3.63, 3.8) is 0 Å². The molecule has 0 aliphatic carbocycles. The van der Waals surface area contributed by atoms with Crippen molar-refractivity contribution >= 4 is 23.4 Å². The van der Waals surface area contributed by atoms with Crippen LogP contribution in [0.2, 0.25) is 0 Å². The van der Waals surface area contributed by atoms with E-state index in [0.29, 0.717) is 31.7 Å². The first-order valence-corrected chi connectivity index (χ1v) is 12.2. The molecule has 4 heterocycles. The van der Waals surface area contributed by atoms with Crippen LogP contribution in [0.25, 0.3) is 0 Å². The number of benzene rings is 2. The quantitative estimate of drug-likeness (QED) is 0.705. The predicted octanol–water partition coefficient (Wildman–Crippen LogP) is 3.04. The van der Waals surface area contributed by atoms with Gasteiger partial charge >= 0.3 is 0 Å². The van der Waals surface area contributed by atoms with E-state index in [0.717, 1.165) is 29.7 Å². The van der Waals surface area contributed by atoms with Gasteiger partial charge in [-0.15, -0.1) is 0 Å². The SMILES string of the molecule is CCCN1C(=O)[C@@]2(C[C@H]3C(=O)N4CCC[C@H]4C(=O)N3[C@H]2c2ccccc2)c2ccc(OC)cc21. The van der Waals surface area contributed by atoms with Crippen LogP contribution in [-0.2, 0) is 19.8 Å². The Bertz CT molecular complexity index is 1180. The average Bonchev–Trinajstić information content (AvgIpc) is 3.55. The zero-order chi connectivity index (χ0) is 23.6. The van der Waals surface area contributed by atoms with E-state index in [9.17, 15) is 14.4 Å². The van der Waals surface area contributed by atoms with Gasteiger partial charge < -0.3 is 19.4 Å². The van der Waals surface area contributed by atoms with Gasteiger partial charge in [0.05, 0.1) is 18.8 Å². The van der Waals surface area contributed by atoms with E-state index in [-0.39, 0.29) is 17.7 Å². The molecule has 2 aromatic rings. The van der Waals surface area contributed by atoms with Gasteiger partial charge in [0.15, 0.2) is 0 Å². The van der Waals surface area contributed by atoms with E-state index < -0.39 is 23.5 Å². The number of hydrogen-bond acceptors (Lipinski definition) is 4. The highest BCUT2D eigenvalue weighted by Crippen LogP contribution is 2.60. The minimum atomic E-state index is -1.01. The smallest absolute Gasteiger partial charge is 0.246 e. The third-order valence-corrected chi connectivity index (χ3v) is 8.12. The molecular formula is C27H29N3O4. The molecule has 0 saturated carbocycles. The Labute approximate surface area is 199 Å². The summed E-state index contributed by atoms with van der Waals surface area (Å²) in [6, 6.07) is 14.0. The second-order valence-electron chi connectivity index (χ2n) is 9.78. The standard InChI is InChI=1S/C27H29N3O4/c1-3-13-29-21-15-18(34-2)11-12-19(21)27(26(29)33)16-22-24(31)28-14-7-10-20(28)25(32)30(22)23(27)17-8-5-4-6-9-17/h4-6,8-9,11-12,15,20,22-23H,3,7,10,13-14,16H2,1-2H3/t20-,22-,23-,27-/m0/s1. The summed E-state index contributed by atoms with van der Waals surface area (Å²) < 4.78 is 5.48. The number of ether oxygens (including phenoxy) is 1. The molecule has 3 fully saturated rings. The lowest BCUT2D eigenvalue weighted by molar-refractivity contribution is -0.159. The molecule has 34 heavy (non-hydrogen) atoms. The highest BCUT2D eigenvalue weighted by Gasteiger charge is 2.68. The zero-order valence-corrected chi connectivity index (χ0v) is 19.6. The maximum Gasteiger partial charge on any atom is 0.246 e. The van der Waals surface area contributed by atoms with Crippen LogP contribution in [0.1, 0.15) is 49.8 Å². The Hall–Kier alpha value is -3.35. The Morgan fingerprint density at radius 2 is 1.82 bits per heavy atom. The molecule has 6 rings (SSSR count). The van der Waals surface area contributed by atoms with Gasteiger partial charge in [0.2, 0.25) is 17.7 Å². The Morgan fingerprint density at radius 1 is 1.03 bits per heavy atom. The number of carbonyl (C=O) groups excluding carboxylic acids is 3. The van der Waals surface area contributed by atoms with Crippen molar-refractivity contribution < 1.29 is 19.1 Å². The Kier molecular flexibility index (Phi) is 4.73. The molecular weight excluding hydrogens is 430 g/mol. The topological polar surface area (TPSA) is 70.2 Å². The summed E-state index contributed by atoms with van der Waals surface area (Å²) in [6.07, 6.45) is 2.63. The first kappa shape index (κ1) is 21.2. The summed E-state index contributed by atoms with van der Waals surface area (Å²) in [5.41, 5.74) is 1.60. The first-order valence-electron chi connectivity index (χ1n) is 12.2. The largest absolute Gasteiger partial charge is 0.497 e. The van der Waals surface area contributed by atoms with Gasteiger partial charge in [0, 0.05) is 19.2 Å². The van der Waals surface area contributed by atoms with E-state index in [1.165, 1.54) is 0 Å². The molecule has 1 spiro atoms. The fraction of sp³-hybridized carbons (Fsp3) is 0.444. The molecule has 0 unspecified atom stereocenters. The third-order valence-electron chi connectivity index (χ3n) is 8.12. The van der Waals surface area contributed by atoms with Gasteiger partial charge in [-0.1, -0.05) is 43.3 Å². The van der Waals surface area contributed by atoms with Crippen LogP contribution in [0.3, 0.4) is 0 Å². The van der Waals surface area contributed by atoms with E-state index in [1.807, 2.05) is 60.4 Å². The van der Waals surface area contributed by atoms with Crippen LogP contribution in [0.15, 0.2) is 48.5 Å². The van der Waals surface area contributed by atoms with Crippen molar-refractivity contribution in [1.29, 1.82) is 0 Å². The lowest BCUT2D eigenvalue weighted by atomic mass is 9.72. The van der Waals surface area contributed by atoms with Crippen molar-refractivity contribution in [3.05, 3.63) is 59.7 Å². The molecule has 0 radical (unpaired) electrons. The molecule has 7 heteroatoms. The summed E-state index contributed by atoms with van der Waals surface area (Å²) in [5, 5.41) is 0. The van der Waals surface area contributed by atoms with Crippen LogP contribution in [0, 0.1) is 0 Å². The number of rotatable bonds is 4. The summed E-state index contributed by atoms with van der Waals surface area (Å²) in [4.78, 5) is 47.3.